The van der Waals surface area contributed by atoms with E-state index in [9.17, 15) is 13.5 Å². The van der Waals surface area contributed by atoms with Crippen molar-refractivity contribution in [1.29, 1.82) is 0 Å². The number of aromatic nitrogens is 2. The van der Waals surface area contributed by atoms with Crippen molar-refractivity contribution in [3.05, 3.63) is 42.4 Å². The van der Waals surface area contributed by atoms with Crippen LogP contribution in [0.4, 0.5) is 0 Å². The Hall–Kier alpha value is -1.86. The van der Waals surface area contributed by atoms with Crippen LogP contribution in [-0.2, 0) is 10.0 Å². The van der Waals surface area contributed by atoms with Crippen LogP contribution in [0, 0.1) is 0 Å². The minimum atomic E-state index is -3.62. The van der Waals surface area contributed by atoms with Gasteiger partial charge < -0.3 is 10.1 Å². The van der Waals surface area contributed by atoms with Gasteiger partial charge in [-0.15, -0.1) is 0 Å². The summed E-state index contributed by atoms with van der Waals surface area (Å²) in [6, 6.07) is 6.13. The number of nitrogens with one attached hydrogen (secondary N) is 1. The Morgan fingerprint density at radius 2 is 2.16 bits per heavy atom. The third-order valence-electron chi connectivity index (χ3n) is 3.03. The summed E-state index contributed by atoms with van der Waals surface area (Å²) in [7, 11) is -2.13. The number of aromatic hydroxyl groups is 1. The Morgan fingerprint density at radius 3 is 2.74 bits per heavy atom. The fourth-order valence-electron chi connectivity index (χ4n) is 1.74. The summed E-state index contributed by atoms with van der Waals surface area (Å²) in [5.74, 6) is 0.108. The van der Waals surface area contributed by atoms with Gasteiger partial charge in [-0.2, -0.15) is 4.31 Å². The first-order chi connectivity index (χ1) is 8.93. The van der Waals surface area contributed by atoms with Crippen LogP contribution in [0.1, 0.15) is 18.5 Å². The van der Waals surface area contributed by atoms with Gasteiger partial charge in [0, 0.05) is 13.1 Å². The molecule has 0 radical (unpaired) electrons. The Labute approximate surface area is 111 Å². The van der Waals surface area contributed by atoms with Crippen molar-refractivity contribution in [2.24, 2.45) is 0 Å². The standard InChI is InChI=1S/C12H15N3O3S/c1-9(10-4-3-5-11(16)6-10)15(2)19(17,18)12-7-13-8-14-12/h3-9,16H,1-2H3,(H,13,14)/t9-/m1/s1. The topological polar surface area (TPSA) is 86.3 Å². The fraction of sp³-hybridized carbons (Fsp3) is 0.250. The zero-order chi connectivity index (χ0) is 14.0. The number of hydrogen-bond donors (Lipinski definition) is 2. The van der Waals surface area contributed by atoms with Gasteiger partial charge in [0.2, 0.25) is 0 Å². The van der Waals surface area contributed by atoms with E-state index in [0.29, 0.717) is 5.56 Å². The van der Waals surface area contributed by atoms with Gasteiger partial charge in [-0.1, -0.05) is 12.1 Å². The van der Waals surface area contributed by atoms with E-state index in [1.807, 2.05) is 0 Å². The van der Waals surface area contributed by atoms with Gasteiger partial charge in [-0.3, -0.25) is 0 Å². The van der Waals surface area contributed by atoms with Gasteiger partial charge in [-0.25, -0.2) is 13.4 Å². The molecule has 1 atom stereocenters. The van der Waals surface area contributed by atoms with Crippen LogP contribution in [0.3, 0.4) is 0 Å². The third-order valence-corrected chi connectivity index (χ3v) is 4.88. The van der Waals surface area contributed by atoms with E-state index in [1.165, 1.54) is 23.9 Å². The molecule has 2 aromatic rings. The van der Waals surface area contributed by atoms with Crippen LogP contribution in [-0.4, -0.2) is 34.8 Å². The second-order valence-corrected chi connectivity index (χ2v) is 6.17. The number of imidazole rings is 1. The largest absolute Gasteiger partial charge is 0.508 e. The molecule has 0 aliphatic heterocycles. The van der Waals surface area contributed by atoms with Crippen LogP contribution in [0.25, 0.3) is 0 Å². The van der Waals surface area contributed by atoms with E-state index in [4.69, 9.17) is 0 Å². The average Bonchev–Trinajstić information content (AvgIpc) is 2.91. The van der Waals surface area contributed by atoms with E-state index >= 15 is 0 Å². The van der Waals surface area contributed by atoms with Crippen molar-refractivity contribution < 1.29 is 13.5 Å². The lowest BCUT2D eigenvalue weighted by Gasteiger charge is -2.23. The number of benzene rings is 1. The summed E-state index contributed by atoms with van der Waals surface area (Å²) in [5, 5.41) is 9.49. The van der Waals surface area contributed by atoms with E-state index < -0.39 is 16.1 Å². The highest BCUT2D eigenvalue weighted by molar-refractivity contribution is 7.89. The molecule has 0 aliphatic carbocycles. The lowest BCUT2D eigenvalue weighted by molar-refractivity contribution is 0.394. The molecule has 0 aliphatic rings. The average molecular weight is 281 g/mol. The van der Waals surface area contributed by atoms with Gasteiger partial charge in [0.15, 0.2) is 5.03 Å². The lowest BCUT2D eigenvalue weighted by atomic mass is 10.1. The molecule has 1 aromatic heterocycles. The SMILES string of the molecule is C[C@H](c1cccc(O)c1)N(C)S(=O)(=O)c1cnc[nH]1. The molecule has 19 heavy (non-hydrogen) atoms. The molecule has 2 rings (SSSR count). The Balaban J connectivity index is 2.32. The number of phenolic OH excluding ortho intramolecular Hbond substituents is 1. The van der Waals surface area contributed by atoms with Crippen molar-refractivity contribution in [1.82, 2.24) is 14.3 Å². The van der Waals surface area contributed by atoms with Gasteiger partial charge in [0.1, 0.15) is 5.75 Å². The molecular formula is C12H15N3O3S. The molecule has 1 heterocycles. The van der Waals surface area contributed by atoms with E-state index in [0.717, 1.165) is 0 Å². The predicted molar refractivity (Wildman–Crippen MR) is 70.1 cm³/mol. The number of phenols is 1. The molecule has 1 aromatic carbocycles. The normalized spacial score (nSPS) is 13.6. The molecule has 0 spiro atoms. The van der Waals surface area contributed by atoms with Gasteiger partial charge >= 0.3 is 0 Å². The van der Waals surface area contributed by atoms with Gasteiger partial charge in [0.25, 0.3) is 10.0 Å². The van der Waals surface area contributed by atoms with Crippen LogP contribution in [0.2, 0.25) is 0 Å². The summed E-state index contributed by atoms with van der Waals surface area (Å²) < 4.78 is 25.8. The van der Waals surface area contributed by atoms with Crippen molar-refractivity contribution in [3.63, 3.8) is 0 Å². The maximum atomic E-state index is 12.3. The van der Waals surface area contributed by atoms with Gasteiger partial charge in [-0.05, 0) is 24.6 Å². The van der Waals surface area contributed by atoms with Crippen molar-refractivity contribution in [2.45, 2.75) is 18.0 Å². The number of hydrogen-bond acceptors (Lipinski definition) is 4. The smallest absolute Gasteiger partial charge is 0.260 e. The van der Waals surface area contributed by atoms with Crippen LogP contribution < -0.4 is 0 Å². The molecule has 0 saturated carbocycles. The second kappa shape index (κ2) is 5.02. The Kier molecular flexibility index (Phi) is 3.59. The van der Waals surface area contributed by atoms with Crippen molar-refractivity contribution in [3.8, 4) is 5.75 Å². The third kappa shape index (κ3) is 2.61. The lowest BCUT2D eigenvalue weighted by Crippen LogP contribution is -2.30. The first kappa shape index (κ1) is 13.6. The molecule has 0 fully saturated rings. The maximum Gasteiger partial charge on any atom is 0.260 e. The number of sulfonamides is 1. The molecule has 0 saturated heterocycles. The van der Waals surface area contributed by atoms with E-state index in [2.05, 4.69) is 9.97 Å². The van der Waals surface area contributed by atoms with E-state index in [-0.39, 0.29) is 10.8 Å². The number of aromatic amines is 1. The van der Waals surface area contributed by atoms with Crippen LogP contribution in [0.15, 0.2) is 41.8 Å². The molecule has 102 valence electrons. The zero-order valence-electron chi connectivity index (χ0n) is 10.6. The quantitative estimate of drug-likeness (QED) is 0.889. The first-order valence-electron chi connectivity index (χ1n) is 5.68. The highest BCUT2D eigenvalue weighted by Crippen LogP contribution is 2.26. The molecule has 0 amide bonds. The maximum absolute atomic E-state index is 12.3. The molecular weight excluding hydrogens is 266 g/mol. The predicted octanol–water partition coefficient (Wildman–Crippen LogP) is 1.50. The second-order valence-electron chi connectivity index (χ2n) is 4.21. The molecule has 7 heteroatoms. The van der Waals surface area contributed by atoms with Gasteiger partial charge in [0.05, 0.1) is 12.5 Å². The fourth-order valence-corrected chi connectivity index (χ4v) is 2.99. The Bertz CT molecular complexity index is 653. The molecule has 6 nitrogen and oxygen atoms in total. The monoisotopic (exact) mass is 281 g/mol. The molecule has 0 bridgehead atoms. The summed E-state index contributed by atoms with van der Waals surface area (Å²) >= 11 is 0. The number of nitrogens with zero attached hydrogens (tertiary/aromatic N) is 2. The summed E-state index contributed by atoms with van der Waals surface area (Å²) in [6.45, 7) is 1.75. The van der Waals surface area contributed by atoms with Crippen molar-refractivity contribution in [2.75, 3.05) is 7.05 Å². The highest BCUT2D eigenvalue weighted by atomic mass is 32.2. The minimum absolute atomic E-state index is 0.0435. The summed E-state index contributed by atoms with van der Waals surface area (Å²) in [5.41, 5.74) is 0.714. The summed E-state index contributed by atoms with van der Waals surface area (Å²) in [6.07, 6.45) is 2.58. The summed E-state index contributed by atoms with van der Waals surface area (Å²) in [4.78, 5) is 6.30. The molecule has 0 unspecified atom stereocenters. The molecule has 2 N–H and O–H groups in total. The number of H-pyrrole nitrogens is 1. The van der Waals surface area contributed by atoms with Crippen LogP contribution in [0.5, 0.6) is 5.75 Å². The first-order valence-corrected chi connectivity index (χ1v) is 7.12. The zero-order valence-corrected chi connectivity index (χ0v) is 11.4. The number of rotatable bonds is 4. The van der Waals surface area contributed by atoms with E-state index in [1.54, 1.807) is 31.2 Å². The van der Waals surface area contributed by atoms with Crippen molar-refractivity contribution >= 4 is 10.0 Å². The van der Waals surface area contributed by atoms with Crippen LogP contribution >= 0.6 is 0 Å². The highest BCUT2D eigenvalue weighted by Gasteiger charge is 2.27. The minimum Gasteiger partial charge on any atom is -0.508 e. The Morgan fingerprint density at radius 1 is 1.42 bits per heavy atom.